The Bertz CT molecular complexity index is 112. The van der Waals surface area contributed by atoms with Gasteiger partial charge in [-0.05, 0) is 6.54 Å². The van der Waals surface area contributed by atoms with Crippen molar-refractivity contribution in [3.63, 3.8) is 0 Å². The molecule has 0 aromatic carbocycles. The summed E-state index contributed by atoms with van der Waals surface area (Å²) in [6, 6.07) is 0. The lowest BCUT2D eigenvalue weighted by Crippen LogP contribution is -2.60. The number of nitrogens with two attached hydrogens (primary N) is 2. The Morgan fingerprint density at radius 3 is 2.45 bits per heavy atom. The zero-order chi connectivity index (χ0) is 8.16. The second-order valence-electron chi connectivity index (χ2n) is 3.14. The molecular weight excluding hydrogens is 142 g/mol. The van der Waals surface area contributed by atoms with E-state index in [1.807, 2.05) is 0 Å². The first kappa shape index (κ1) is 8.93. The summed E-state index contributed by atoms with van der Waals surface area (Å²) >= 11 is 0. The summed E-state index contributed by atoms with van der Waals surface area (Å²) < 4.78 is 5.87. The van der Waals surface area contributed by atoms with Crippen molar-refractivity contribution in [2.45, 2.75) is 6.42 Å². The first-order chi connectivity index (χ1) is 5.27. The van der Waals surface area contributed by atoms with Crippen molar-refractivity contribution >= 4 is 0 Å². The largest absolute Gasteiger partial charge is 0.370 e. The molecule has 0 unspecified atom stereocenters. The van der Waals surface area contributed by atoms with Crippen molar-refractivity contribution in [2.24, 2.45) is 11.6 Å². The van der Waals surface area contributed by atoms with Gasteiger partial charge in [0.15, 0.2) is 0 Å². The van der Waals surface area contributed by atoms with Gasteiger partial charge in [0.25, 0.3) is 0 Å². The first-order valence-corrected chi connectivity index (χ1v) is 4.19. The highest BCUT2D eigenvalue weighted by Crippen LogP contribution is 2.04. The lowest BCUT2D eigenvalue weighted by molar-refractivity contribution is -0.946. The van der Waals surface area contributed by atoms with Crippen LogP contribution < -0.4 is 11.6 Å². The van der Waals surface area contributed by atoms with Gasteiger partial charge in [-0.15, -0.1) is 0 Å². The molecule has 0 aromatic rings. The zero-order valence-corrected chi connectivity index (χ0v) is 6.96. The molecule has 0 aromatic heterocycles. The van der Waals surface area contributed by atoms with E-state index in [1.165, 1.54) is 0 Å². The van der Waals surface area contributed by atoms with Crippen LogP contribution in [0.1, 0.15) is 6.42 Å². The number of ether oxygens (including phenoxy) is 1. The van der Waals surface area contributed by atoms with Crippen LogP contribution >= 0.6 is 0 Å². The summed E-state index contributed by atoms with van der Waals surface area (Å²) in [5.41, 5.74) is 5.41. The van der Waals surface area contributed by atoms with E-state index in [0.717, 1.165) is 45.8 Å². The van der Waals surface area contributed by atoms with E-state index in [1.54, 1.807) is 0 Å². The van der Waals surface area contributed by atoms with Crippen molar-refractivity contribution in [1.29, 1.82) is 0 Å². The fourth-order valence-corrected chi connectivity index (χ4v) is 1.34. The standard InChI is InChI=1S/C7H18N3O/c8-2-1-3-10(9)4-6-11-7-5-10/h1-9H2/q+1. The van der Waals surface area contributed by atoms with Gasteiger partial charge in [-0.1, -0.05) is 0 Å². The van der Waals surface area contributed by atoms with Gasteiger partial charge in [-0.25, -0.2) is 4.59 Å². The molecule has 66 valence electrons. The van der Waals surface area contributed by atoms with Crippen LogP contribution in [0.2, 0.25) is 0 Å². The fraction of sp³-hybridized carbons (Fsp3) is 1.00. The van der Waals surface area contributed by atoms with Crippen molar-refractivity contribution in [3.05, 3.63) is 0 Å². The maximum atomic E-state index is 6.05. The van der Waals surface area contributed by atoms with Gasteiger partial charge < -0.3 is 10.5 Å². The molecule has 11 heavy (non-hydrogen) atoms. The normalized spacial score (nSPS) is 23.5. The first-order valence-electron chi connectivity index (χ1n) is 4.19. The maximum Gasteiger partial charge on any atom is 0.120 e. The summed E-state index contributed by atoms with van der Waals surface area (Å²) in [5, 5.41) is 0. The smallest absolute Gasteiger partial charge is 0.120 e. The van der Waals surface area contributed by atoms with Gasteiger partial charge >= 0.3 is 0 Å². The Labute approximate surface area is 67.7 Å². The predicted octanol–water partition coefficient (Wildman–Crippen LogP) is -0.944. The van der Waals surface area contributed by atoms with Crippen molar-refractivity contribution in [3.8, 4) is 0 Å². The van der Waals surface area contributed by atoms with Crippen LogP contribution in [0.5, 0.6) is 0 Å². The number of morpholine rings is 1. The van der Waals surface area contributed by atoms with Crippen LogP contribution in [0.3, 0.4) is 0 Å². The highest BCUT2D eigenvalue weighted by molar-refractivity contribution is 4.46. The summed E-state index contributed by atoms with van der Waals surface area (Å²) in [6.07, 6.45) is 1.01. The summed E-state index contributed by atoms with van der Waals surface area (Å²) in [6.45, 7) is 5.17. The number of quaternary nitrogens is 1. The van der Waals surface area contributed by atoms with Crippen LogP contribution in [-0.2, 0) is 4.74 Å². The Hall–Kier alpha value is -0.160. The van der Waals surface area contributed by atoms with Gasteiger partial charge in [-0.2, -0.15) is 5.84 Å². The highest BCUT2D eigenvalue weighted by atomic mass is 16.5. The molecule has 0 aliphatic carbocycles. The summed E-state index contributed by atoms with van der Waals surface area (Å²) in [7, 11) is 0. The van der Waals surface area contributed by atoms with E-state index in [4.69, 9.17) is 16.3 Å². The quantitative estimate of drug-likeness (QED) is 0.413. The third-order valence-corrected chi connectivity index (χ3v) is 2.17. The molecule has 0 amide bonds. The molecule has 1 saturated heterocycles. The van der Waals surface area contributed by atoms with E-state index < -0.39 is 0 Å². The van der Waals surface area contributed by atoms with E-state index >= 15 is 0 Å². The Morgan fingerprint density at radius 2 is 1.91 bits per heavy atom. The highest BCUT2D eigenvalue weighted by Gasteiger charge is 2.25. The molecular formula is C7H18N3O+. The molecule has 0 saturated carbocycles. The molecule has 4 heteroatoms. The van der Waals surface area contributed by atoms with Crippen LogP contribution in [0.25, 0.3) is 0 Å². The summed E-state index contributed by atoms with van der Waals surface area (Å²) in [5.74, 6) is 6.05. The second-order valence-corrected chi connectivity index (χ2v) is 3.14. The third-order valence-electron chi connectivity index (χ3n) is 2.17. The molecule has 1 aliphatic heterocycles. The molecule has 1 fully saturated rings. The topological polar surface area (TPSA) is 61.3 Å². The minimum Gasteiger partial charge on any atom is -0.370 e. The second kappa shape index (κ2) is 4.01. The van der Waals surface area contributed by atoms with E-state index in [0.29, 0.717) is 4.59 Å². The molecule has 4 N–H and O–H groups in total. The molecule has 0 radical (unpaired) electrons. The Morgan fingerprint density at radius 1 is 1.27 bits per heavy atom. The van der Waals surface area contributed by atoms with Gasteiger partial charge in [0, 0.05) is 6.42 Å². The van der Waals surface area contributed by atoms with E-state index in [9.17, 15) is 0 Å². The fourth-order valence-electron chi connectivity index (χ4n) is 1.34. The lowest BCUT2D eigenvalue weighted by Gasteiger charge is -2.35. The van der Waals surface area contributed by atoms with Crippen molar-refractivity contribution in [2.75, 3.05) is 39.4 Å². The average molecular weight is 160 g/mol. The molecule has 0 spiro atoms. The SMILES string of the molecule is NCCC[N+]1(N)CCOCC1. The van der Waals surface area contributed by atoms with Crippen molar-refractivity contribution < 1.29 is 9.33 Å². The Balaban J connectivity index is 2.25. The predicted molar refractivity (Wildman–Crippen MR) is 43.5 cm³/mol. The van der Waals surface area contributed by atoms with Crippen LogP contribution in [0.15, 0.2) is 0 Å². The Kier molecular flexibility index (Phi) is 3.26. The minimum absolute atomic E-state index is 0.650. The van der Waals surface area contributed by atoms with Gasteiger partial charge in [0.2, 0.25) is 0 Å². The number of nitrogens with zero attached hydrogens (tertiary/aromatic N) is 1. The molecule has 0 bridgehead atoms. The monoisotopic (exact) mass is 160 g/mol. The van der Waals surface area contributed by atoms with Crippen LogP contribution in [0, 0.1) is 0 Å². The molecule has 4 nitrogen and oxygen atoms in total. The third kappa shape index (κ3) is 2.75. The van der Waals surface area contributed by atoms with E-state index in [-0.39, 0.29) is 0 Å². The number of rotatable bonds is 3. The number of hydrogen-bond acceptors (Lipinski definition) is 3. The van der Waals surface area contributed by atoms with Crippen LogP contribution in [0.4, 0.5) is 0 Å². The number of hydrogen-bond donors (Lipinski definition) is 2. The molecule has 1 aliphatic rings. The molecule has 1 rings (SSSR count). The average Bonchev–Trinajstić information content (AvgIpc) is 2.03. The van der Waals surface area contributed by atoms with Crippen molar-refractivity contribution in [1.82, 2.24) is 0 Å². The minimum atomic E-state index is 0.650. The van der Waals surface area contributed by atoms with E-state index in [2.05, 4.69) is 0 Å². The van der Waals surface area contributed by atoms with Crippen LogP contribution in [-0.4, -0.2) is 44.0 Å². The lowest BCUT2D eigenvalue weighted by atomic mass is 10.3. The summed E-state index contributed by atoms with van der Waals surface area (Å²) in [4.78, 5) is 0. The van der Waals surface area contributed by atoms with Gasteiger partial charge in [0.05, 0.1) is 19.8 Å². The zero-order valence-electron chi connectivity index (χ0n) is 6.96. The molecule has 1 heterocycles. The van der Waals surface area contributed by atoms with Gasteiger partial charge in [0.1, 0.15) is 13.1 Å². The molecule has 0 atom stereocenters. The van der Waals surface area contributed by atoms with Gasteiger partial charge in [-0.3, -0.25) is 0 Å². The maximum absolute atomic E-state index is 6.05.